The van der Waals surface area contributed by atoms with E-state index in [1.165, 1.54) is 0 Å². The lowest BCUT2D eigenvalue weighted by molar-refractivity contribution is -0.121. The number of carbonyl (C=O) groups excluding carboxylic acids is 2. The Morgan fingerprint density at radius 2 is 1.80 bits per heavy atom. The molecular formula is C23H19N3O3S. The van der Waals surface area contributed by atoms with Crippen molar-refractivity contribution in [2.75, 3.05) is 7.11 Å². The molecule has 2 aromatic carbocycles. The minimum absolute atomic E-state index is 0.141. The number of hydrogen-bond acceptors (Lipinski definition) is 5. The molecule has 0 fully saturated rings. The number of ether oxygens (including phenoxy) is 1. The Balaban J connectivity index is 1.50. The molecule has 4 rings (SSSR count). The van der Waals surface area contributed by atoms with Crippen molar-refractivity contribution in [1.29, 1.82) is 0 Å². The van der Waals surface area contributed by atoms with E-state index in [2.05, 4.69) is 15.8 Å². The largest absolute Gasteiger partial charge is 0.497 e. The van der Waals surface area contributed by atoms with E-state index < -0.39 is 5.91 Å². The SMILES string of the molecule is COc1ccc(CC(=O)NNC(=O)c2cc(-c3cccs3)nc3ccccc23)cc1. The molecule has 0 aliphatic rings. The zero-order chi connectivity index (χ0) is 20.9. The summed E-state index contributed by atoms with van der Waals surface area (Å²) in [7, 11) is 1.59. The number of thiophene rings is 1. The molecule has 0 saturated heterocycles. The van der Waals surface area contributed by atoms with Gasteiger partial charge in [0.05, 0.1) is 35.2 Å². The number of hydrazine groups is 1. The van der Waals surface area contributed by atoms with Crippen LogP contribution in [0.25, 0.3) is 21.5 Å². The van der Waals surface area contributed by atoms with Gasteiger partial charge >= 0.3 is 0 Å². The van der Waals surface area contributed by atoms with Crippen LogP contribution in [0, 0.1) is 0 Å². The third-order valence-corrected chi connectivity index (χ3v) is 5.47. The molecule has 2 amide bonds. The van der Waals surface area contributed by atoms with Gasteiger partial charge in [0, 0.05) is 5.39 Å². The molecule has 2 N–H and O–H groups in total. The highest BCUT2D eigenvalue weighted by molar-refractivity contribution is 7.13. The number of fused-ring (bicyclic) bond motifs is 1. The summed E-state index contributed by atoms with van der Waals surface area (Å²) >= 11 is 1.55. The van der Waals surface area contributed by atoms with Crippen molar-refractivity contribution in [3.05, 3.63) is 83.2 Å². The van der Waals surface area contributed by atoms with E-state index in [1.54, 1.807) is 36.6 Å². The molecule has 0 aliphatic heterocycles. The van der Waals surface area contributed by atoms with Crippen molar-refractivity contribution in [1.82, 2.24) is 15.8 Å². The number of amides is 2. The third kappa shape index (κ3) is 4.31. The summed E-state index contributed by atoms with van der Waals surface area (Å²) < 4.78 is 5.11. The zero-order valence-corrected chi connectivity index (χ0v) is 17.0. The number of aromatic nitrogens is 1. The maximum absolute atomic E-state index is 12.9. The number of nitrogens with one attached hydrogen (secondary N) is 2. The van der Waals surface area contributed by atoms with Gasteiger partial charge in [-0.2, -0.15) is 0 Å². The van der Waals surface area contributed by atoms with Gasteiger partial charge in [-0.05, 0) is 41.3 Å². The molecule has 7 heteroatoms. The average molecular weight is 417 g/mol. The van der Waals surface area contributed by atoms with Gasteiger partial charge in [0.15, 0.2) is 0 Å². The molecule has 30 heavy (non-hydrogen) atoms. The topological polar surface area (TPSA) is 80.3 Å². The van der Waals surface area contributed by atoms with Crippen molar-refractivity contribution in [2.24, 2.45) is 0 Å². The number of hydrogen-bond donors (Lipinski definition) is 2. The Hall–Kier alpha value is -3.71. The Kier molecular flexibility index (Phi) is 5.72. The Morgan fingerprint density at radius 1 is 1.00 bits per heavy atom. The summed E-state index contributed by atoms with van der Waals surface area (Å²) in [6.07, 6.45) is 0.141. The molecule has 0 atom stereocenters. The first-order valence-electron chi connectivity index (χ1n) is 9.30. The van der Waals surface area contributed by atoms with E-state index >= 15 is 0 Å². The van der Waals surface area contributed by atoms with Crippen molar-refractivity contribution in [3.63, 3.8) is 0 Å². The molecule has 0 saturated carbocycles. The highest BCUT2D eigenvalue weighted by Crippen LogP contribution is 2.27. The second-order valence-electron chi connectivity index (χ2n) is 6.58. The lowest BCUT2D eigenvalue weighted by Crippen LogP contribution is -2.42. The van der Waals surface area contributed by atoms with Gasteiger partial charge in [-0.25, -0.2) is 4.98 Å². The van der Waals surface area contributed by atoms with E-state index in [0.717, 1.165) is 32.8 Å². The molecule has 6 nitrogen and oxygen atoms in total. The highest BCUT2D eigenvalue weighted by Gasteiger charge is 2.15. The monoisotopic (exact) mass is 417 g/mol. The second-order valence-corrected chi connectivity index (χ2v) is 7.52. The fourth-order valence-electron chi connectivity index (χ4n) is 3.08. The molecule has 150 valence electrons. The standard InChI is InChI=1S/C23H19N3O3S/c1-29-16-10-8-15(9-11-16)13-22(27)25-26-23(28)18-14-20(21-7-4-12-30-21)24-19-6-3-2-5-17(18)19/h2-12,14H,13H2,1H3,(H,25,27)(H,26,28). The maximum atomic E-state index is 12.9. The van der Waals surface area contributed by atoms with Crippen LogP contribution in [0.15, 0.2) is 72.1 Å². The quantitative estimate of drug-likeness (QED) is 0.482. The van der Waals surface area contributed by atoms with E-state index in [-0.39, 0.29) is 12.3 Å². The van der Waals surface area contributed by atoms with Crippen LogP contribution in [-0.4, -0.2) is 23.9 Å². The average Bonchev–Trinajstić information content (AvgIpc) is 3.32. The van der Waals surface area contributed by atoms with Gasteiger partial charge in [-0.15, -0.1) is 11.3 Å². The van der Waals surface area contributed by atoms with Gasteiger partial charge in [0.2, 0.25) is 5.91 Å². The molecule has 0 unspecified atom stereocenters. The first-order valence-corrected chi connectivity index (χ1v) is 10.2. The molecule has 0 radical (unpaired) electrons. The number of nitrogens with zero attached hydrogens (tertiary/aromatic N) is 1. The predicted octanol–water partition coefficient (Wildman–Crippen LogP) is 3.98. The number of benzene rings is 2. The molecular weight excluding hydrogens is 398 g/mol. The second kappa shape index (κ2) is 8.75. The number of carbonyl (C=O) groups is 2. The predicted molar refractivity (Wildman–Crippen MR) is 117 cm³/mol. The van der Waals surface area contributed by atoms with Gasteiger partial charge in [0.1, 0.15) is 5.75 Å². The number of rotatable bonds is 5. The van der Waals surface area contributed by atoms with Crippen LogP contribution in [0.3, 0.4) is 0 Å². The van der Waals surface area contributed by atoms with Crippen molar-refractivity contribution >= 4 is 34.1 Å². The normalized spacial score (nSPS) is 10.6. The fourth-order valence-corrected chi connectivity index (χ4v) is 3.77. The first kappa shape index (κ1) is 19.6. The summed E-state index contributed by atoms with van der Waals surface area (Å²) in [6.45, 7) is 0. The van der Waals surface area contributed by atoms with Crippen LogP contribution in [0.4, 0.5) is 0 Å². The van der Waals surface area contributed by atoms with Crippen LogP contribution in [0.2, 0.25) is 0 Å². The highest BCUT2D eigenvalue weighted by atomic mass is 32.1. The summed E-state index contributed by atoms with van der Waals surface area (Å²) in [6, 6.07) is 20.3. The number of pyridine rings is 1. The van der Waals surface area contributed by atoms with Gasteiger partial charge in [-0.3, -0.25) is 20.4 Å². The fraction of sp³-hybridized carbons (Fsp3) is 0.0870. The molecule has 4 aromatic rings. The van der Waals surface area contributed by atoms with Crippen molar-refractivity contribution in [3.8, 4) is 16.3 Å². The van der Waals surface area contributed by atoms with Gasteiger partial charge in [0.25, 0.3) is 5.91 Å². The number of para-hydroxylation sites is 1. The van der Waals surface area contributed by atoms with Crippen LogP contribution in [0.5, 0.6) is 5.75 Å². The van der Waals surface area contributed by atoms with E-state index in [4.69, 9.17) is 4.74 Å². The van der Waals surface area contributed by atoms with Crippen molar-refractivity contribution < 1.29 is 14.3 Å². The Bertz CT molecular complexity index is 1190. The minimum Gasteiger partial charge on any atom is -0.497 e. The summed E-state index contributed by atoms with van der Waals surface area (Å²) in [5, 5.41) is 2.69. The minimum atomic E-state index is -0.394. The summed E-state index contributed by atoms with van der Waals surface area (Å²) in [5.41, 5.74) is 7.72. The molecule has 0 bridgehead atoms. The lowest BCUT2D eigenvalue weighted by Gasteiger charge is -2.11. The van der Waals surface area contributed by atoms with Crippen LogP contribution in [0.1, 0.15) is 15.9 Å². The Labute approximate surface area is 177 Å². The molecule has 0 spiro atoms. The van der Waals surface area contributed by atoms with Crippen LogP contribution < -0.4 is 15.6 Å². The van der Waals surface area contributed by atoms with Crippen LogP contribution >= 0.6 is 11.3 Å². The van der Waals surface area contributed by atoms with Crippen LogP contribution in [-0.2, 0) is 11.2 Å². The molecule has 0 aliphatic carbocycles. The van der Waals surface area contributed by atoms with Gasteiger partial charge in [-0.1, -0.05) is 36.4 Å². The third-order valence-electron chi connectivity index (χ3n) is 4.57. The zero-order valence-electron chi connectivity index (χ0n) is 16.2. The Morgan fingerprint density at radius 3 is 2.53 bits per heavy atom. The van der Waals surface area contributed by atoms with Gasteiger partial charge < -0.3 is 4.74 Å². The first-order chi connectivity index (χ1) is 14.6. The molecule has 2 heterocycles. The molecule has 2 aromatic heterocycles. The summed E-state index contributed by atoms with van der Waals surface area (Å²) in [5.74, 6) is 0.0124. The van der Waals surface area contributed by atoms with Crippen molar-refractivity contribution in [2.45, 2.75) is 6.42 Å². The lowest BCUT2D eigenvalue weighted by atomic mass is 10.1. The number of methoxy groups -OCH3 is 1. The summed E-state index contributed by atoms with van der Waals surface area (Å²) in [4.78, 5) is 30.7. The van der Waals surface area contributed by atoms with E-state index in [1.807, 2.05) is 53.9 Å². The van der Waals surface area contributed by atoms with E-state index in [0.29, 0.717) is 5.56 Å². The maximum Gasteiger partial charge on any atom is 0.270 e. The van der Waals surface area contributed by atoms with E-state index in [9.17, 15) is 9.59 Å². The smallest absolute Gasteiger partial charge is 0.270 e.